The maximum Gasteiger partial charge on any atom is 0.411 e. The minimum absolute atomic E-state index is 0.421. The van der Waals surface area contributed by atoms with Crippen LogP contribution < -0.4 is 5.32 Å². The molecule has 0 aliphatic carbocycles. The summed E-state index contributed by atoms with van der Waals surface area (Å²) in [6, 6.07) is 7.95. The molecule has 1 aromatic carbocycles. The van der Waals surface area contributed by atoms with Gasteiger partial charge in [-0.2, -0.15) is 0 Å². The Labute approximate surface area is 110 Å². The van der Waals surface area contributed by atoms with Crippen LogP contribution in [0.4, 0.5) is 10.5 Å². The monoisotopic (exact) mass is 249 g/mol. The van der Waals surface area contributed by atoms with Crippen LogP contribution >= 0.6 is 0 Å². The zero-order chi connectivity index (χ0) is 13.2. The smallest absolute Gasteiger partial charge is 0.411 e. The van der Waals surface area contributed by atoms with Crippen molar-refractivity contribution < 1.29 is 9.53 Å². The maximum atomic E-state index is 11.1. The number of carbonyl (C=O) groups is 1. The van der Waals surface area contributed by atoms with E-state index in [9.17, 15) is 4.79 Å². The summed E-state index contributed by atoms with van der Waals surface area (Å²) in [6.07, 6.45) is 7.05. The fourth-order valence-electron chi connectivity index (χ4n) is 1.91. The van der Waals surface area contributed by atoms with Gasteiger partial charge in [-0.1, -0.05) is 44.7 Å². The summed E-state index contributed by atoms with van der Waals surface area (Å²) in [6.45, 7) is 2.22. The molecule has 0 saturated heterocycles. The van der Waals surface area contributed by atoms with E-state index in [1.165, 1.54) is 44.8 Å². The molecule has 0 fully saturated rings. The Kier molecular flexibility index (Phi) is 6.92. The molecular formula is C15H23NO2. The quantitative estimate of drug-likeness (QED) is 0.728. The summed E-state index contributed by atoms with van der Waals surface area (Å²) in [5.41, 5.74) is 2.06. The molecular weight excluding hydrogens is 226 g/mol. The second-order valence-corrected chi connectivity index (χ2v) is 4.48. The Hall–Kier alpha value is -1.51. The van der Waals surface area contributed by atoms with Crippen LogP contribution in [0.25, 0.3) is 0 Å². The summed E-state index contributed by atoms with van der Waals surface area (Å²) in [7, 11) is 1.37. The molecule has 100 valence electrons. The Balaban J connectivity index is 2.37. The second-order valence-electron chi connectivity index (χ2n) is 4.48. The molecule has 0 aliphatic rings. The van der Waals surface area contributed by atoms with Crippen LogP contribution in [0.3, 0.4) is 0 Å². The molecule has 0 bridgehead atoms. The highest BCUT2D eigenvalue weighted by atomic mass is 16.5. The maximum absolute atomic E-state index is 11.1. The Morgan fingerprint density at radius 1 is 1.22 bits per heavy atom. The lowest BCUT2D eigenvalue weighted by molar-refractivity contribution is 0.187. The molecule has 0 heterocycles. The number of methoxy groups -OCH3 is 1. The standard InChI is InChI=1S/C15H23NO2/c1-3-4-5-6-7-9-13-10-8-11-14(12-13)16-15(17)18-2/h8,10-12H,3-7,9H2,1-2H3,(H,16,17). The third-order valence-corrected chi connectivity index (χ3v) is 2.93. The van der Waals surface area contributed by atoms with Crippen molar-refractivity contribution in [3.05, 3.63) is 29.8 Å². The third-order valence-electron chi connectivity index (χ3n) is 2.93. The SMILES string of the molecule is CCCCCCCc1cccc(NC(=O)OC)c1. The second kappa shape index (κ2) is 8.56. The van der Waals surface area contributed by atoms with Gasteiger partial charge in [0, 0.05) is 5.69 Å². The first-order valence-electron chi connectivity index (χ1n) is 6.70. The molecule has 0 spiro atoms. The van der Waals surface area contributed by atoms with Gasteiger partial charge in [-0.3, -0.25) is 5.32 Å². The van der Waals surface area contributed by atoms with E-state index in [0.29, 0.717) is 0 Å². The van der Waals surface area contributed by atoms with Crippen molar-refractivity contribution in [2.75, 3.05) is 12.4 Å². The van der Waals surface area contributed by atoms with Crippen LogP contribution in [0.5, 0.6) is 0 Å². The molecule has 0 aliphatic heterocycles. The lowest BCUT2D eigenvalue weighted by Gasteiger charge is -2.06. The Morgan fingerprint density at radius 3 is 2.72 bits per heavy atom. The predicted octanol–water partition coefficient (Wildman–Crippen LogP) is 4.38. The van der Waals surface area contributed by atoms with Gasteiger partial charge in [-0.15, -0.1) is 0 Å². The molecule has 0 unspecified atom stereocenters. The van der Waals surface area contributed by atoms with E-state index in [1.54, 1.807) is 0 Å². The fourth-order valence-corrected chi connectivity index (χ4v) is 1.91. The van der Waals surface area contributed by atoms with Gasteiger partial charge in [0.25, 0.3) is 0 Å². The van der Waals surface area contributed by atoms with Crippen molar-refractivity contribution >= 4 is 11.8 Å². The number of carbonyl (C=O) groups excluding carboxylic acids is 1. The topological polar surface area (TPSA) is 38.3 Å². The molecule has 3 nitrogen and oxygen atoms in total. The van der Waals surface area contributed by atoms with Crippen molar-refractivity contribution in [3.8, 4) is 0 Å². The summed E-state index contributed by atoms with van der Waals surface area (Å²) >= 11 is 0. The zero-order valence-electron chi connectivity index (χ0n) is 11.4. The van der Waals surface area contributed by atoms with Crippen molar-refractivity contribution in [2.24, 2.45) is 0 Å². The largest absolute Gasteiger partial charge is 0.453 e. The molecule has 1 aromatic rings. The van der Waals surface area contributed by atoms with Crippen LogP contribution in [0, 0.1) is 0 Å². The summed E-state index contributed by atoms with van der Waals surface area (Å²) in [5.74, 6) is 0. The molecule has 0 aromatic heterocycles. The first-order valence-corrected chi connectivity index (χ1v) is 6.70. The average molecular weight is 249 g/mol. The van der Waals surface area contributed by atoms with E-state index in [1.807, 2.05) is 18.2 Å². The van der Waals surface area contributed by atoms with Gasteiger partial charge in [0.15, 0.2) is 0 Å². The fraction of sp³-hybridized carbons (Fsp3) is 0.533. The molecule has 0 saturated carbocycles. The van der Waals surface area contributed by atoms with Gasteiger partial charge in [-0.05, 0) is 30.5 Å². The average Bonchev–Trinajstić information content (AvgIpc) is 2.39. The number of rotatable bonds is 7. The summed E-state index contributed by atoms with van der Waals surface area (Å²) < 4.78 is 4.57. The first kappa shape index (κ1) is 14.6. The Bertz CT molecular complexity index is 363. The van der Waals surface area contributed by atoms with Crippen LogP contribution in [-0.2, 0) is 11.2 Å². The molecule has 0 radical (unpaired) electrons. The summed E-state index contributed by atoms with van der Waals surface area (Å²) in [5, 5.41) is 2.68. The lowest BCUT2D eigenvalue weighted by atomic mass is 10.1. The number of anilines is 1. The van der Waals surface area contributed by atoms with Gasteiger partial charge < -0.3 is 4.74 Å². The van der Waals surface area contributed by atoms with Gasteiger partial charge in [0.1, 0.15) is 0 Å². The van der Waals surface area contributed by atoms with E-state index >= 15 is 0 Å². The number of ether oxygens (including phenoxy) is 1. The van der Waals surface area contributed by atoms with E-state index < -0.39 is 6.09 Å². The van der Waals surface area contributed by atoms with Crippen LogP contribution in [-0.4, -0.2) is 13.2 Å². The molecule has 1 rings (SSSR count). The Morgan fingerprint density at radius 2 is 2.00 bits per heavy atom. The minimum atomic E-state index is -0.421. The number of benzene rings is 1. The number of hydrogen-bond acceptors (Lipinski definition) is 2. The molecule has 18 heavy (non-hydrogen) atoms. The number of amides is 1. The van der Waals surface area contributed by atoms with E-state index in [0.717, 1.165) is 12.1 Å². The molecule has 0 atom stereocenters. The van der Waals surface area contributed by atoms with Gasteiger partial charge in [-0.25, -0.2) is 4.79 Å². The van der Waals surface area contributed by atoms with Crippen molar-refractivity contribution in [1.82, 2.24) is 0 Å². The van der Waals surface area contributed by atoms with E-state index in [2.05, 4.69) is 23.0 Å². The molecule has 1 N–H and O–H groups in total. The van der Waals surface area contributed by atoms with Crippen molar-refractivity contribution in [2.45, 2.75) is 45.4 Å². The van der Waals surface area contributed by atoms with Gasteiger partial charge in [0.2, 0.25) is 0 Å². The normalized spacial score (nSPS) is 10.1. The number of nitrogens with one attached hydrogen (secondary N) is 1. The highest BCUT2D eigenvalue weighted by Gasteiger charge is 2.01. The highest BCUT2D eigenvalue weighted by Crippen LogP contribution is 2.14. The van der Waals surface area contributed by atoms with E-state index in [-0.39, 0.29) is 0 Å². The number of aryl methyl sites for hydroxylation is 1. The number of hydrogen-bond donors (Lipinski definition) is 1. The van der Waals surface area contributed by atoms with Crippen LogP contribution in [0.15, 0.2) is 24.3 Å². The van der Waals surface area contributed by atoms with E-state index in [4.69, 9.17) is 0 Å². The zero-order valence-corrected chi connectivity index (χ0v) is 11.4. The van der Waals surface area contributed by atoms with Crippen LogP contribution in [0.1, 0.15) is 44.6 Å². The molecule has 1 amide bonds. The van der Waals surface area contributed by atoms with Gasteiger partial charge >= 0.3 is 6.09 Å². The highest BCUT2D eigenvalue weighted by molar-refractivity contribution is 5.84. The lowest BCUT2D eigenvalue weighted by Crippen LogP contribution is -2.10. The van der Waals surface area contributed by atoms with Gasteiger partial charge in [0.05, 0.1) is 7.11 Å². The predicted molar refractivity (Wildman–Crippen MR) is 74.9 cm³/mol. The first-order chi connectivity index (χ1) is 8.76. The molecule has 3 heteroatoms. The van der Waals surface area contributed by atoms with Crippen LogP contribution in [0.2, 0.25) is 0 Å². The summed E-state index contributed by atoms with van der Waals surface area (Å²) in [4.78, 5) is 11.1. The minimum Gasteiger partial charge on any atom is -0.453 e. The number of unbranched alkanes of at least 4 members (excludes halogenated alkanes) is 4. The van der Waals surface area contributed by atoms with Crippen molar-refractivity contribution in [1.29, 1.82) is 0 Å². The van der Waals surface area contributed by atoms with Crippen molar-refractivity contribution in [3.63, 3.8) is 0 Å². The third kappa shape index (κ3) is 5.71.